The number of anilines is 2. The van der Waals surface area contributed by atoms with Gasteiger partial charge in [-0.1, -0.05) is 0 Å². The van der Waals surface area contributed by atoms with Crippen LogP contribution in [0.15, 0.2) is 24.8 Å². The number of hydrogen-bond donors (Lipinski definition) is 3. The van der Waals surface area contributed by atoms with Crippen LogP contribution in [-0.4, -0.2) is 50.1 Å². The van der Waals surface area contributed by atoms with E-state index in [1.807, 2.05) is 11.0 Å². The van der Waals surface area contributed by atoms with Crippen molar-refractivity contribution in [3.05, 3.63) is 41.7 Å². The van der Waals surface area contributed by atoms with Gasteiger partial charge in [0.2, 0.25) is 5.91 Å². The van der Waals surface area contributed by atoms with Gasteiger partial charge in [-0.05, 0) is 31.4 Å². The predicted molar refractivity (Wildman–Crippen MR) is 115 cm³/mol. The number of aromatic nitrogens is 4. The number of halogens is 1. The third kappa shape index (κ3) is 3.38. The molecular weight excluding hydrogens is 413 g/mol. The van der Waals surface area contributed by atoms with Gasteiger partial charge < -0.3 is 26.3 Å². The smallest absolute Gasteiger partial charge is 0.242 e. The molecule has 2 aromatic heterocycles. The minimum absolute atomic E-state index is 0.0664. The van der Waals surface area contributed by atoms with E-state index in [9.17, 15) is 14.4 Å². The van der Waals surface area contributed by atoms with Crippen LogP contribution in [0.2, 0.25) is 0 Å². The van der Waals surface area contributed by atoms with Gasteiger partial charge >= 0.3 is 0 Å². The van der Waals surface area contributed by atoms with E-state index in [1.54, 1.807) is 10.6 Å². The Hall–Kier alpha value is -3.78. The van der Waals surface area contributed by atoms with Crippen LogP contribution in [0.4, 0.5) is 15.9 Å². The number of imidazole rings is 1. The first-order chi connectivity index (χ1) is 15.4. The summed E-state index contributed by atoms with van der Waals surface area (Å²) in [5.74, 6) is -0.545. The molecule has 1 saturated heterocycles. The van der Waals surface area contributed by atoms with Gasteiger partial charge in [0.15, 0.2) is 11.5 Å². The second-order valence-electron chi connectivity index (χ2n) is 8.41. The zero-order valence-corrected chi connectivity index (χ0v) is 17.3. The molecule has 32 heavy (non-hydrogen) atoms. The van der Waals surface area contributed by atoms with E-state index in [2.05, 4.69) is 20.3 Å². The molecule has 3 aromatic rings. The standard InChI is InChI=1S/C21H22FN9O/c22-15-3-4-16(30-6-5-21(25,9-30)20(32)29-12-1-2-12)14(13(15)7-23)8-31-11-28-17-18(24)26-10-27-19(17)31/h3-4,10-12H,1-2,5-6,8-9,25H2,(H,29,32)(H2,24,26,27). The molecular formula is C21H22FN9O. The molecule has 1 atom stereocenters. The van der Waals surface area contributed by atoms with Gasteiger partial charge in [0, 0.05) is 30.4 Å². The number of nitriles is 1. The monoisotopic (exact) mass is 435 g/mol. The molecule has 164 valence electrons. The quantitative estimate of drug-likeness (QED) is 0.528. The first kappa shape index (κ1) is 20.1. The Morgan fingerprint density at radius 1 is 1.34 bits per heavy atom. The average molecular weight is 435 g/mol. The van der Waals surface area contributed by atoms with Gasteiger partial charge in [-0.15, -0.1) is 0 Å². The van der Waals surface area contributed by atoms with Crippen molar-refractivity contribution in [2.24, 2.45) is 5.73 Å². The van der Waals surface area contributed by atoms with E-state index in [0.29, 0.717) is 35.4 Å². The number of nitrogen functional groups attached to an aromatic ring is 1. The van der Waals surface area contributed by atoms with Crippen LogP contribution in [-0.2, 0) is 11.3 Å². The molecule has 5 N–H and O–H groups in total. The summed E-state index contributed by atoms with van der Waals surface area (Å²) in [6.07, 6.45) is 5.28. The Morgan fingerprint density at radius 2 is 2.16 bits per heavy atom. The number of fused-ring (bicyclic) bond motifs is 1. The van der Waals surface area contributed by atoms with Crippen LogP contribution in [0.3, 0.4) is 0 Å². The fraction of sp³-hybridized carbons (Fsp3) is 0.381. The van der Waals surface area contributed by atoms with Crippen LogP contribution in [0.1, 0.15) is 30.4 Å². The lowest BCUT2D eigenvalue weighted by Gasteiger charge is -2.26. The molecule has 1 unspecified atom stereocenters. The van der Waals surface area contributed by atoms with Gasteiger partial charge in [0.1, 0.15) is 29.3 Å². The fourth-order valence-electron chi connectivity index (χ4n) is 4.15. The summed E-state index contributed by atoms with van der Waals surface area (Å²) in [4.78, 5) is 27.0. The number of hydrogen-bond acceptors (Lipinski definition) is 8. The maximum atomic E-state index is 14.6. The Balaban J connectivity index is 1.50. The molecule has 2 fully saturated rings. The van der Waals surface area contributed by atoms with E-state index < -0.39 is 11.4 Å². The van der Waals surface area contributed by atoms with Gasteiger partial charge in [-0.2, -0.15) is 5.26 Å². The number of rotatable bonds is 5. The molecule has 1 amide bonds. The van der Waals surface area contributed by atoms with Crippen LogP contribution >= 0.6 is 0 Å². The van der Waals surface area contributed by atoms with Crippen molar-refractivity contribution >= 4 is 28.6 Å². The normalized spacial score (nSPS) is 20.5. The SMILES string of the molecule is N#Cc1c(F)ccc(N2CCC(N)(C(=O)NC3CC3)C2)c1Cn1cnc2c(N)ncnc21. The minimum Gasteiger partial charge on any atom is -0.382 e. The molecule has 1 aromatic carbocycles. The maximum absolute atomic E-state index is 14.6. The lowest BCUT2D eigenvalue weighted by molar-refractivity contribution is -0.125. The van der Waals surface area contributed by atoms with E-state index in [-0.39, 0.29) is 36.4 Å². The number of carbonyl (C=O) groups excluding carboxylic acids is 1. The number of nitrogens with two attached hydrogens (primary N) is 2. The highest BCUT2D eigenvalue weighted by Gasteiger charge is 2.43. The second kappa shape index (κ2) is 7.42. The number of nitrogens with zero attached hydrogens (tertiary/aromatic N) is 6. The Morgan fingerprint density at radius 3 is 2.91 bits per heavy atom. The van der Waals surface area contributed by atoms with Crippen molar-refractivity contribution in [3.8, 4) is 6.07 Å². The predicted octanol–water partition coefficient (Wildman–Crippen LogP) is 0.654. The van der Waals surface area contributed by atoms with Crippen molar-refractivity contribution in [1.82, 2.24) is 24.8 Å². The molecule has 0 radical (unpaired) electrons. The molecule has 1 aliphatic carbocycles. The second-order valence-corrected chi connectivity index (χ2v) is 8.41. The van der Waals surface area contributed by atoms with Crippen LogP contribution in [0.25, 0.3) is 11.2 Å². The van der Waals surface area contributed by atoms with Crippen LogP contribution in [0, 0.1) is 17.1 Å². The lowest BCUT2D eigenvalue weighted by atomic mass is 9.99. The van der Waals surface area contributed by atoms with Crippen molar-refractivity contribution < 1.29 is 9.18 Å². The first-order valence-corrected chi connectivity index (χ1v) is 10.4. The van der Waals surface area contributed by atoms with E-state index in [4.69, 9.17) is 11.5 Å². The third-order valence-corrected chi connectivity index (χ3v) is 6.11. The van der Waals surface area contributed by atoms with Crippen LogP contribution < -0.4 is 21.7 Å². The van der Waals surface area contributed by atoms with Crippen molar-refractivity contribution in [2.75, 3.05) is 23.7 Å². The number of benzene rings is 1. The van der Waals surface area contributed by atoms with Gasteiger partial charge in [0.25, 0.3) is 0 Å². The zero-order chi connectivity index (χ0) is 22.5. The summed E-state index contributed by atoms with van der Waals surface area (Å²) >= 11 is 0. The van der Waals surface area contributed by atoms with E-state index in [0.717, 1.165) is 12.8 Å². The first-order valence-electron chi connectivity index (χ1n) is 10.4. The van der Waals surface area contributed by atoms with Gasteiger partial charge in [-0.25, -0.2) is 19.3 Å². The summed E-state index contributed by atoms with van der Waals surface area (Å²) in [5, 5.41) is 12.7. The Labute approximate surface area is 183 Å². The van der Waals surface area contributed by atoms with Gasteiger partial charge in [-0.3, -0.25) is 4.79 Å². The molecule has 1 saturated carbocycles. The largest absolute Gasteiger partial charge is 0.382 e. The summed E-state index contributed by atoms with van der Waals surface area (Å²) in [7, 11) is 0. The molecule has 0 bridgehead atoms. The topological polar surface area (TPSA) is 152 Å². The Kier molecular flexibility index (Phi) is 4.67. The zero-order valence-electron chi connectivity index (χ0n) is 17.3. The average Bonchev–Trinajstić information content (AvgIpc) is 3.35. The third-order valence-electron chi connectivity index (χ3n) is 6.11. The minimum atomic E-state index is -1.04. The van der Waals surface area contributed by atoms with Crippen molar-refractivity contribution in [3.63, 3.8) is 0 Å². The molecule has 1 aliphatic heterocycles. The van der Waals surface area contributed by atoms with E-state index in [1.165, 1.54) is 18.7 Å². The Bertz CT molecular complexity index is 1260. The molecule has 10 nitrogen and oxygen atoms in total. The molecule has 2 aliphatic rings. The number of amides is 1. The van der Waals surface area contributed by atoms with Crippen molar-refractivity contribution in [2.45, 2.75) is 37.4 Å². The van der Waals surface area contributed by atoms with Crippen LogP contribution in [0.5, 0.6) is 0 Å². The number of nitrogens with one attached hydrogen (secondary N) is 1. The molecule has 0 spiro atoms. The van der Waals surface area contributed by atoms with Gasteiger partial charge in [0.05, 0.1) is 18.4 Å². The van der Waals surface area contributed by atoms with E-state index >= 15 is 0 Å². The lowest BCUT2D eigenvalue weighted by Crippen LogP contribution is -2.56. The summed E-state index contributed by atoms with van der Waals surface area (Å²) in [6, 6.07) is 5.08. The molecule has 11 heteroatoms. The van der Waals surface area contributed by atoms with Crippen molar-refractivity contribution in [1.29, 1.82) is 5.26 Å². The summed E-state index contributed by atoms with van der Waals surface area (Å²) in [6.45, 7) is 0.929. The molecule has 5 rings (SSSR count). The highest BCUT2D eigenvalue weighted by molar-refractivity contribution is 5.88. The maximum Gasteiger partial charge on any atom is 0.242 e. The fourth-order valence-corrected chi connectivity index (χ4v) is 4.15. The molecule has 3 heterocycles. The highest BCUT2D eigenvalue weighted by Crippen LogP contribution is 2.33. The summed E-state index contributed by atoms with van der Waals surface area (Å²) in [5.41, 5.74) is 13.2. The summed E-state index contributed by atoms with van der Waals surface area (Å²) < 4.78 is 16.2. The number of carbonyl (C=O) groups is 1. The highest BCUT2D eigenvalue weighted by atomic mass is 19.1.